The van der Waals surface area contributed by atoms with Gasteiger partial charge in [-0.15, -0.1) is 6.58 Å². The van der Waals surface area contributed by atoms with Crippen LogP contribution in [0.15, 0.2) is 103 Å². The largest absolute Gasteiger partial charge is 0.494 e. The normalized spacial score (nSPS) is 18.7. The molecule has 3 aromatic carbocycles. The van der Waals surface area contributed by atoms with E-state index in [2.05, 4.69) is 17.4 Å². The van der Waals surface area contributed by atoms with Crippen LogP contribution < -0.4 is 15.6 Å². The van der Waals surface area contributed by atoms with E-state index in [0.29, 0.717) is 37.6 Å². The molecule has 36 heavy (non-hydrogen) atoms. The number of ether oxygens (including phenoxy) is 2. The lowest BCUT2D eigenvalue weighted by Gasteiger charge is -2.30. The summed E-state index contributed by atoms with van der Waals surface area (Å²) in [4.78, 5) is 18.7. The Morgan fingerprint density at radius 1 is 1.06 bits per heavy atom. The van der Waals surface area contributed by atoms with E-state index in [1.807, 2.05) is 84.9 Å². The summed E-state index contributed by atoms with van der Waals surface area (Å²) in [5.74, 6) is 0.786. The van der Waals surface area contributed by atoms with Crippen molar-refractivity contribution >= 4 is 11.8 Å². The van der Waals surface area contributed by atoms with Crippen LogP contribution >= 0.6 is 0 Å². The maximum absolute atomic E-state index is 13.8. The predicted molar refractivity (Wildman–Crippen MR) is 140 cm³/mol. The van der Waals surface area contributed by atoms with Gasteiger partial charge < -0.3 is 14.6 Å². The Morgan fingerprint density at radius 3 is 2.42 bits per heavy atom. The molecule has 0 unspecified atom stereocenters. The zero-order valence-corrected chi connectivity index (χ0v) is 20.1. The van der Waals surface area contributed by atoms with E-state index in [0.717, 1.165) is 16.7 Å². The van der Waals surface area contributed by atoms with Gasteiger partial charge in [-0.25, -0.2) is 10.4 Å². The van der Waals surface area contributed by atoms with Crippen molar-refractivity contribution in [3.05, 3.63) is 114 Å². The molecule has 0 saturated carbocycles. The van der Waals surface area contributed by atoms with Crippen LogP contribution in [0, 0.1) is 0 Å². The number of hydrazine groups is 1. The van der Waals surface area contributed by atoms with E-state index in [-0.39, 0.29) is 12.5 Å². The highest BCUT2D eigenvalue weighted by molar-refractivity contribution is 6.01. The molecule has 186 valence electrons. The fraction of sp³-hybridized carbons (Fsp3) is 0.241. The molecule has 0 spiro atoms. The van der Waals surface area contributed by atoms with Crippen molar-refractivity contribution in [1.29, 1.82) is 0 Å². The van der Waals surface area contributed by atoms with E-state index < -0.39 is 11.6 Å². The molecule has 0 radical (unpaired) electrons. The van der Waals surface area contributed by atoms with Gasteiger partial charge in [-0.2, -0.15) is 0 Å². The molecule has 1 aliphatic rings. The average molecular weight is 486 g/mol. The minimum Gasteiger partial charge on any atom is -0.494 e. The van der Waals surface area contributed by atoms with Gasteiger partial charge in [-0.3, -0.25) is 10.2 Å². The number of carbonyl (C=O) groups excluding carboxylic acids is 1. The first-order valence-electron chi connectivity index (χ1n) is 12.0. The molecule has 7 heteroatoms. The van der Waals surface area contributed by atoms with Crippen molar-refractivity contribution in [2.45, 2.75) is 24.5 Å². The van der Waals surface area contributed by atoms with E-state index in [1.165, 1.54) is 0 Å². The van der Waals surface area contributed by atoms with Crippen LogP contribution in [0.3, 0.4) is 0 Å². The summed E-state index contributed by atoms with van der Waals surface area (Å²) < 4.78 is 12.1. The molecule has 0 fully saturated rings. The quantitative estimate of drug-likeness (QED) is 0.206. The summed E-state index contributed by atoms with van der Waals surface area (Å²) in [6, 6.07) is 26.9. The molecule has 1 amide bonds. The third-order valence-corrected chi connectivity index (χ3v) is 5.90. The Balaban J connectivity index is 1.73. The number of aliphatic hydroxyl groups excluding tert-OH is 1. The first-order valence-corrected chi connectivity index (χ1v) is 12.0. The summed E-state index contributed by atoms with van der Waals surface area (Å²) in [6.07, 6.45) is 1.94. The van der Waals surface area contributed by atoms with E-state index in [9.17, 15) is 4.79 Å². The molecule has 0 aromatic heterocycles. The maximum atomic E-state index is 13.8. The Kier molecular flexibility index (Phi) is 8.49. The Morgan fingerprint density at radius 2 is 1.75 bits per heavy atom. The van der Waals surface area contributed by atoms with Crippen LogP contribution in [-0.4, -0.2) is 42.2 Å². The number of rotatable bonds is 12. The summed E-state index contributed by atoms with van der Waals surface area (Å²) in [5.41, 5.74) is 7.04. The van der Waals surface area contributed by atoms with Gasteiger partial charge in [0.25, 0.3) is 5.91 Å². The van der Waals surface area contributed by atoms with E-state index in [1.54, 1.807) is 6.08 Å². The summed E-state index contributed by atoms with van der Waals surface area (Å²) in [5, 5.41) is 8.96. The lowest BCUT2D eigenvalue weighted by molar-refractivity contribution is -0.129. The van der Waals surface area contributed by atoms with Gasteiger partial charge in [-0.1, -0.05) is 66.7 Å². The van der Waals surface area contributed by atoms with Gasteiger partial charge in [-0.05, 0) is 35.4 Å². The van der Waals surface area contributed by atoms with Crippen LogP contribution in [0.2, 0.25) is 0 Å². The predicted octanol–water partition coefficient (Wildman–Crippen LogP) is 3.75. The summed E-state index contributed by atoms with van der Waals surface area (Å²) in [6.45, 7) is 4.62. The number of hydrogen-bond donors (Lipinski definition) is 3. The van der Waals surface area contributed by atoms with Crippen LogP contribution in [0.4, 0.5) is 0 Å². The van der Waals surface area contributed by atoms with Crippen molar-refractivity contribution in [3.8, 4) is 5.75 Å². The minimum atomic E-state index is -1.25. The zero-order chi connectivity index (χ0) is 25.2. The number of nitrogens with one attached hydrogen (secondary N) is 2. The first kappa shape index (κ1) is 25.2. The lowest BCUT2D eigenvalue weighted by atomic mass is 9.82. The van der Waals surface area contributed by atoms with Crippen molar-refractivity contribution in [2.24, 2.45) is 4.99 Å². The van der Waals surface area contributed by atoms with Gasteiger partial charge in [0.15, 0.2) is 11.6 Å². The Bertz CT molecular complexity index is 1170. The molecular weight excluding hydrogens is 454 g/mol. The van der Waals surface area contributed by atoms with Gasteiger partial charge in [0.2, 0.25) is 5.90 Å². The van der Waals surface area contributed by atoms with Crippen molar-refractivity contribution < 1.29 is 19.4 Å². The number of aliphatic imine (C=N–C) groups is 1. The maximum Gasteiger partial charge on any atom is 0.266 e. The number of carbonyl (C=O) groups is 1. The molecule has 3 N–H and O–H groups in total. The highest BCUT2D eigenvalue weighted by atomic mass is 16.5. The molecule has 0 bridgehead atoms. The zero-order valence-electron chi connectivity index (χ0n) is 20.1. The molecule has 1 heterocycles. The molecule has 3 aromatic rings. The monoisotopic (exact) mass is 485 g/mol. The summed E-state index contributed by atoms with van der Waals surface area (Å²) in [7, 11) is 0. The third-order valence-electron chi connectivity index (χ3n) is 5.90. The fourth-order valence-corrected chi connectivity index (χ4v) is 4.13. The van der Waals surface area contributed by atoms with Crippen LogP contribution in [-0.2, 0) is 16.0 Å². The molecule has 2 atom stereocenters. The van der Waals surface area contributed by atoms with Crippen molar-refractivity contribution in [1.82, 2.24) is 10.9 Å². The van der Waals surface area contributed by atoms with Crippen LogP contribution in [0.1, 0.15) is 29.2 Å². The average Bonchev–Trinajstić information content (AvgIpc) is 3.31. The molecular formula is C29H31N3O4. The van der Waals surface area contributed by atoms with Crippen LogP contribution in [0.25, 0.3) is 0 Å². The molecule has 7 nitrogen and oxygen atoms in total. The molecule has 4 rings (SSSR count). The van der Waals surface area contributed by atoms with Gasteiger partial charge in [0.1, 0.15) is 5.75 Å². The topological polar surface area (TPSA) is 92.2 Å². The second-order valence-corrected chi connectivity index (χ2v) is 8.49. The molecule has 0 saturated heterocycles. The number of nitrogens with zero attached hydrogens (tertiary/aromatic N) is 1. The molecule has 1 aliphatic heterocycles. The summed E-state index contributed by atoms with van der Waals surface area (Å²) >= 11 is 0. The van der Waals surface area contributed by atoms with E-state index >= 15 is 0 Å². The first-order chi connectivity index (χ1) is 17.7. The second kappa shape index (κ2) is 12.2. The fourth-order valence-electron chi connectivity index (χ4n) is 4.13. The van der Waals surface area contributed by atoms with Gasteiger partial charge in [0.05, 0.1) is 6.61 Å². The van der Waals surface area contributed by atoms with E-state index in [4.69, 9.17) is 19.6 Å². The standard InChI is InChI=1S/C29H31N3O4/c1-2-18-30-32-28(34)29(21-22-10-5-3-6-11-22)26(23-12-7-4-8-13-23)36-27(31-29)24-14-16-25(17-15-24)35-20-9-19-33/h2-8,10-17,26,30,33H,1,9,18-21H2,(H,32,34)/t26-,29-/m0/s1. The molecule has 0 aliphatic carbocycles. The third kappa shape index (κ3) is 5.82. The number of aliphatic hydroxyl groups is 1. The van der Waals surface area contributed by atoms with Crippen molar-refractivity contribution in [3.63, 3.8) is 0 Å². The highest BCUT2D eigenvalue weighted by Crippen LogP contribution is 2.42. The highest BCUT2D eigenvalue weighted by Gasteiger charge is 2.53. The Hall–Kier alpha value is -3.94. The van der Waals surface area contributed by atoms with Gasteiger partial charge >= 0.3 is 0 Å². The second-order valence-electron chi connectivity index (χ2n) is 8.49. The Labute approximate surface area is 211 Å². The van der Waals surface area contributed by atoms with Crippen molar-refractivity contribution in [2.75, 3.05) is 19.8 Å². The number of hydrogen-bond acceptors (Lipinski definition) is 6. The SMILES string of the molecule is C=CCNNC(=O)[C@@]1(Cc2ccccc2)N=C(c2ccc(OCCCO)cc2)O[C@H]1c1ccccc1. The number of amides is 1. The smallest absolute Gasteiger partial charge is 0.266 e. The minimum absolute atomic E-state index is 0.0802. The van der Waals surface area contributed by atoms with Crippen LogP contribution in [0.5, 0.6) is 5.75 Å². The van der Waals surface area contributed by atoms with Gasteiger partial charge in [0, 0.05) is 31.6 Å². The lowest BCUT2D eigenvalue weighted by Crippen LogP contribution is -2.53. The number of benzene rings is 3.